The Balaban J connectivity index is 1.19. The summed E-state index contributed by atoms with van der Waals surface area (Å²) < 4.78 is 0. The van der Waals surface area contributed by atoms with Crippen LogP contribution in [-0.4, -0.2) is 38.1 Å². The van der Waals surface area contributed by atoms with E-state index >= 15 is 0 Å². The molecule has 0 saturated heterocycles. The van der Waals surface area contributed by atoms with E-state index in [1.807, 2.05) is 6.07 Å². The number of nitrogens with zero attached hydrogens (tertiary/aromatic N) is 4. The van der Waals surface area contributed by atoms with Crippen molar-refractivity contribution in [1.82, 2.24) is 25.5 Å². The lowest BCUT2D eigenvalue weighted by Crippen LogP contribution is -2.30. The number of aromatic amines is 1. The Hall–Kier alpha value is -3.16. The molecular formula is C21H24N8. The quantitative estimate of drug-likeness (QED) is 0.606. The molecule has 2 aromatic heterocycles. The molecular weight excluding hydrogens is 364 g/mol. The van der Waals surface area contributed by atoms with Crippen LogP contribution in [0, 0.1) is 5.92 Å². The highest BCUT2D eigenvalue weighted by Gasteiger charge is 2.47. The zero-order valence-electron chi connectivity index (χ0n) is 16.3. The molecule has 2 aromatic rings. The molecule has 2 atom stereocenters. The Morgan fingerprint density at radius 2 is 2.10 bits per heavy atom. The molecule has 6 rings (SSSR count). The number of nitrogens with one attached hydrogen (secondary N) is 4. The molecule has 2 fully saturated rings. The first-order valence-electron chi connectivity index (χ1n) is 10.3. The van der Waals surface area contributed by atoms with E-state index in [4.69, 9.17) is 0 Å². The summed E-state index contributed by atoms with van der Waals surface area (Å²) in [6, 6.07) is 4.17. The van der Waals surface area contributed by atoms with E-state index in [1.54, 1.807) is 12.5 Å². The Morgan fingerprint density at radius 1 is 1.21 bits per heavy atom. The van der Waals surface area contributed by atoms with Crippen LogP contribution in [0.2, 0.25) is 0 Å². The number of anilines is 3. The third kappa shape index (κ3) is 3.08. The summed E-state index contributed by atoms with van der Waals surface area (Å²) in [5.74, 6) is 3.20. The third-order valence-electron chi connectivity index (χ3n) is 6.22. The fourth-order valence-corrected chi connectivity index (χ4v) is 4.24. The van der Waals surface area contributed by atoms with Crippen molar-refractivity contribution in [2.75, 3.05) is 10.6 Å². The van der Waals surface area contributed by atoms with Gasteiger partial charge in [0, 0.05) is 35.5 Å². The molecule has 3 heterocycles. The number of fused-ring (bicyclic) bond motifs is 1. The van der Waals surface area contributed by atoms with Crippen LogP contribution < -0.4 is 16.0 Å². The fraction of sp³-hybridized carbons (Fsp3) is 0.429. The van der Waals surface area contributed by atoms with E-state index in [9.17, 15) is 0 Å². The van der Waals surface area contributed by atoms with Gasteiger partial charge >= 0.3 is 0 Å². The maximum atomic E-state index is 4.67. The minimum Gasteiger partial charge on any atom is -0.348 e. The van der Waals surface area contributed by atoms with Gasteiger partial charge in [0.05, 0.1) is 17.9 Å². The molecule has 4 aliphatic rings. The van der Waals surface area contributed by atoms with E-state index < -0.39 is 0 Å². The predicted octanol–water partition coefficient (Wildman–Crippen LogP) is 3.23. The van der Waals surface area contributed by atoms with Crippen molar-refractivity contribution in [1.29, 1.82) is 0 Å². The van der Waals surface area contributed by atoms with Gasteiger partial charge in [-0.05, 0) is 43.4 Å². The maximum absolute atomic E-state index is 4.67. The molecule has 0 bridgehead atoms. The maximum Gasteiger partial charge on any atom is 0.225 e. The van der Waals surface area contributed by atoms with Gasteiger partial charge in [-0.1, -0.05) is 13.0 Å². The Kier molecular flexibility index (Phi) is 3.57. The predicted molar refractivity (Wildman–Crippen MR) is 112 cm³/mol. The van der Waals surface area contributed by atoms with Crippen LogP contribution in [0.15, 0.2) is 46.7 Å². The van der Waals surface area contributed by atoms with Crippen molar-refractivity contribution in [3.05, 3.63) is 47.4 Å². The van der Waals surface area contributed by atoms with E-state index in [0.29, 0.717) is 17.8 Å². The Bertz CT molecular complexity index is 1040. The Labute approximate surface area is 169 Å². The standard InChI is InChI=1S/C21H24N8/c1-12-8-14(9-16-19(12)24-11-23-16)21(5-6-21)27-20-22-7-4-17(26-20)25-18-10-15(28-29-18)13-2-3-13/h4,7-13,19H,2-3,5-6H2,1H3,(H,23,24)(H3,22,25,26,27,28,29). The molecule has 2 saturated carbocycles. The monoisotopic (exact) mass is 388 g/mol. The number of aliphatic imine (C=N–C) groups is 1. The molecule has 0 amide bonds. The minimum absolute atomic E-state index is 0.0827. The van der Waals surface area contributed by atoms with Crippen molar-refractivity contribution < 1.29 is 0 Å². The van der Waals surface area contributed by atoms with Crippen LogP contribution in [0.1, 0.15) is 44.2 Å². The summed E-state index contributed by atoms with van der Waals surface area (Å²) in [6.45, 7) is 2.22. The molecule has 8 nitrogen and oxygen atoms in total. The van der Waals surface area contributed by atoms with Crippen LogP contribution >= 0.6 is 0 Å². The summed E-state index contributed by atoms with van der Waals surface area (Å²) in [4.78, 5) is 13.6. The van der Waals surface area contributed by atoms with E-state index in [-0.39, 0.29) is 11.6 Å². The number of aromatic nitrogens is 4. The number of H-pyrrole nitrogens is 1. The second-order valence-electron chi connectivity index (χ2n) is 8.53. The highest BCUT2D eigenvalue weighted by Crippen LogP contribution is 2.48. The summed E-state index contributed by atoms with van der Waals surface area (Å²) in [6.07, 6.45) is 12.8. The van der Waals surface area contributed by atoms with Crippen LogP contribution in [0.25, 0.3) is 0 Å². The molecule has 8 heteroatoms. The lowest BCUT2D eigenvalue weighted by molar-refractivity contribution is 0.591. The number of rotatable bonds is 6. The summed E-state index contributed by atoms with van der Waals surface area (Å²) in [5, 5.41) is 17.6. The molecule has 3 aliphatic carbocycles. The van der Waals surface area contributed by atoms with Crippen molar-refractivity contribution in [2.24, 2.45) is 10.9 Å². The third-order valence-corrected chi connectivity index (χ3v) is 6.22. The van der Waals surface area contributed by atoms with Gasteiger partial charge in [0.2, 0.25) is 5.95 Å². The van der Waals surface area contributed by atoms with Crippen molar-refractivity contribution in [2.45, 2.75) is 50.1 Å². The molecule has 29 heavy (non-hydrogen) atoms. The van der Waals surface area contributed by atoms with Gasteiger partial charge in [-0.25, -0.2) is 4.98 Å². The zero-order valence-corrected chi connectivity index (χ0v) is 16.3. The van der Waals surface area contributed by atoms with Gasteiger partial charge in [0.25, 0.3) is 0 Å². The normalized spacial score (nSPS) is 26.2. The smallest absolute Gasteiger partial charge is 0.225 e. The molecule has 4 N–H and O–H groups in total. The second-order valence-corrected chi connectivity index (χ2v) is 8.53. The van der Waals surface area contributed by atoms with Crippen LogP contribution in [0.3, 0.4) is 0 Å². The minimum atomic E-state index is -0.0827. The van der Waals surface area contributed by atoms with Gasteiger partial charge in [-0.3, -0.25) is 10.1 Å². The number of hydrogen-bond acceptors (Lipinski definition) is 7. The Morgan fingerprint density at radius 3 is 2.93 bits per heavy atom. The molecule has 148 valence electrons. The fourth-order valence-electron chi connectivity index (χ4n) is 4.24. The average molecular weight is 388 g/mol. The summed E-state index contributed by atoms with van der Waals surface area (Å²) in [5.41, 5.74) is 3.61. The van der Waals surface area contributed by atoms with Crippen LogP contribution in [0.5, 0.6) is 0 Å². The molecule has 1 aliphatic heterocycles. The van der Waals surface area contributed by atoms with Crippen molar-refractivity contribution in [3.8, 4) is 0 Å². The molecule has 0 radical (unpaired) electrons. The van der Waals surface area contributed by atoms with E-state index in [2.05, 4.69) is 66.3 Å². The van der Waals surface area contributed by atoms with E-state index in [1.165, 1.54) is 29.8 Å². The van der Waals surface area contributed by atoms with E-state index in [0.717, 1.165) is 24.5 Å². The molecule has 2 unspecified atom stereocenters. The lowest BCUT2D eigenvalue weighted by atomic mass is 9.87. The average Bonchev–Trinajstić information content (AvgIpc) is 3.61. The first-order valence-corrected chi connectivity index (χ1v) is 10.3. The lowest BCUT2D eigenvalue weighted by Gasteiger charge is -2.27. The van der Waals surface area contributed by atoms with Gasteiger partial charge in [-0.15, -0.1) is 0 Å². The first kappa shape index (κ1) is 16.8. The second kappa shape index (κ2) is 6.17. The van der Waals surface area contributed by atoms with Gasteiger partial charge < -0.3 is 16.0 Å². The largest absolute Gasteiger partial charge is 0.348 e. The highest BCUT2D eigenvalue weighted by molar-refractivity contribution is 5.65. The number of hydrogen-bond donors (Lipinski definition) is 4. The summed E-state index contributed by atoms with van der Waals surface area (Å²) >= 11 is 0. The van der Waals surface area contributed by atoms with Crippen LogP contribution in [-0.2, 0) is 0 Å². The SMILES string of the molecule is CC1C=C(C2(Nc3nccc(Nc4cc(C5CC5)[nH]n4)n3)CC2)C=C2NC=NC21. The zero-order chi connectivity index (χ0) is 19.4. The van der Waals surface area contributed by atoms with Crippen molar-refractivity contribution in [3.63, 3.8) is 0 Å². The van der Waals surface area contributed by atoms with Gasteiger partial charge in [0.15, 0.2) is 5.82 Å². The van der Waals surface area contributed by atoms with Crippen molar-refractivity contribution >= 4 is 23.9 Å². The molecule has 0 spiro atoms. The summed E-state index contributed by atoms with van der Waals surface area (Å²) in [7, 11) is 0. The first-order chi connectivity index (χ1) is 14.2. The van der Waals surface area contributed by atoms with Gasteiger partial charge in [0.1, 0.15) is 5.82 Å². The van der Waals surface area contributed by atoms with Gasteiger partial charge in [-0.2, -0.15) is 10.1 Å². The highest BCUT2D eigenvalue weighted by atomic mass is 15.2. The molecule has 0 aromatic carbocycles. The van der Waals surface area contributed by atoms with Crippen LogP contribution in [0.4, 0.5) is 17.6 Å². The topological polar surface area (TPSA) is 103 Å².